The Morgan fingerprint density at radius 3 is 2.73 bits per heavy atom. The number of aryl methyl sites for hydroxylation is 1. The van der Waals surface area contributed by atoms with E-state index in [-0.39, 0.29) is 30.9 Å². The van der Waals surface area contributed by atoms with E-state index < -0.39 is 11.6 Å². The molecule has 8 nitrogen and oxygen atoms in total. The Labute approximate surface area is 192 Å². The fraction of sp³-hybridized carbons (Fsp3) is 0.480. The number of urea groups is 1. The number of imide groups is 1. The molecule has 1 N–H and O–H groups in total. The number of benzene rings is 1. The normalized spacial score (nSPS) is 24.0. The maximum absolute atomic E-state index is 13.2. The predicted octanol–water partition coefficient (Wildman–Crippen LogP) is 3.57. The van der Waals surface area contributed by atoms with Crippen LogP contribution in [-0.4, -0.2) is 46.1 Å². The van der Waals surface area contributed by atoms with Gasteiger partial charge in [0.15, 0.2) is 17.3 Å². The lowest BCUT2D eigenvalue weighted by Crippen LogP contribution is -2.54. The van der Waals surface area contributed by atoms with E-state index in [1.807, 2.05) is 45.0 Å². The highest BCUT2D eigenvalue weighted by atomic mass is 16.7. The number of ketones is 1. The van der Waals surface area contributed by atoms with Crippen LogP contribution in [0.3, 0.4) is 0 Å². The number of hydrogen-bond acceptors (Lipinski definition) is 5. The minimum Gasteiger partial charge on any atom is -0.454 e. The van der Waals surface area contributed by atoms with Crippen LogP contribution in [-0.2, 0) is 11.3 Å². The minimum atomic E-state index is -0.855. The Kier molecular flexibility index (Phi) is 5.18. The van der Waals surface area contributed by atoms with Crippen LogP contribution in [0, 0.1) is 19.8 Å². The third-order valence-electron chi connectivity index (χ3n) is 7.45. The fourth-order valence-electron chi connectivity index (χ4n) is 5.42. The Bertz CT molecular complexity index is 1150. The molecule has 1 saturated heterocycles. The lowest BCUT2D eigenvalue weighted by Gasteiger charge is -2.36. The van der Waals surface area contributed by atoms with E-state index in [4.69, 9.17) is 9.47 Å². The van der Waals surface area contributed by atoms with Gasteiger partial charge < -0.3 is 19.4 Å². The number of carbonyl (C=O) groups excluding carboxylic acids is 3. The third-order valence-corrected chi connectivity index (χ3v) is 7.45. The molecule has 0 unspecified atom stereocenters. The summed E-state index contributed by atoms with van der Waals surface area (Å²) in [4.78, 5) is 40.2. The number of hydrogen-bond donors (Lipinski definition) is 1. The first kappa shape index (κ1) is 21.6. The summed E-state index contributed by atoms with van der Waals surface area (Å²) in [6.07, 6.45) is 3.49. The van der Waals surface area contributed by atoms with Crippen LogP contribution in [0.4, 0.5) is 4.79 Å². The number of nitrogens with one attached hydrogen (secondary N) is 1. The van der Waals surface area contributed by atoms with E-state index in [2.05, 4.69) is 9.88 Å². The molecule has 1 aliphatic carbocycles. The van der Waals surface area contributed by atoms with Gasteiger partial charge in [-0.2, -0.15) is 0 Å². The van der Waals surface area contributed by atoms with Gasteiger partial charge in [0.25, 0.3) is 5.91 Å². The zero-order valence-electron chi connectivity index (χ0n) is 19.3. The summed E-state index contributed by atoms with van der Waals surface area (Å²) in [6, 6.07) is 7.18. The van der Waals surface area contributed by atoms with Crippen molar-refractivity contribution in [1.29, 1.82) is 0 Å². The molecule has 8 heteroatoms. The summed E-state index contributed by atoms with van der Waals surface area (Å²) >= 11 is 0. The summed E-state index contributed by atoms with van der Waals surface area (Å²) in [5.41, 5.74) is 2.45. The average molecular weight is 452 g/mol. The molecule has 2 aliphatic heterocycles. The van der Waals surface area contributed by atoms with Crippen LogP contribution in [0.15, 0.2) is 24.3 Å². The quantitative estimate of drug-likeness (QED) is 0.555. The second kappa shape index (κ2) is 7.93. The largest absolute Gasteiger partial charge is 0.454 e. The average Bonchev–Trinajstić information content (AvgIpc) is 3.43. The van der Waals surface area contributed by atoms with Crippen molar-refractivity contribution in [2.75, 3.05) is 13.3 Å². The molecule has 1 aromatic carbocycles. The topological polar surface area (TPSA) is 89.9 Å². The second-order valence-corrected chi connectivity index (χ2v) is 9.42. The molecular weight excluding hydrogens is 422 g/mol. The highest BCUT2D eigenvalue weighted by Crippen LogP contribution is 2.38. The van der Waals surface area contributed by atoms with Gasteiger partial charge in [-0.05, 0) is 56.4 Å². The van der Waals surface area contributed by atoms with E-state index in [9.17, 15) is 14.4 Å². The first-order valence-corrected chi connectivity index (χ1v) is 11.5. The van der Waals surface area contributed by atoms with E-state index in [0.717, 1.165) is 52.6 Å². The first-order chi connectivity index (χ1) is 15.8. The van der Waals surface area contributed by atoms with Gasteiger partial charge in [0.05, 0.1) is 6.54 Å². The van der Waals surface area contributed by atoms with Crippen LogP contribution in [0.25, 0.3) is 0 Å². The number of nitrogens with zero attached hydrogens (tertiary/aromatic N) is 2. The molecule has 2 atom stereocenters. The zero-order valence-corrected chi connectivity index (χ0v) is 19.3. The number of carbonyl (C=O) groups is 3. The van der Waals surface area contributed by atoms with Crippen molar-refractivity contribution in [2.24, 2.45) is 5.92 Å². The molecule has 1 aromatic heterocycles. The number of aromatic nitrogens is 1. The maximum atomic E-state index is 13.2. The van der Waals surface area contributed by atoms with Crippen molar-refractivity contribution in [3.8, 4) is 11.5 Å². The SMILES string of the molecule is Cc1cc(C(=O)CN2C(=O)N[C@]3(CCCC[C@H]3C)C2=O)c(C)n1Cc1ccc2c(c1)OCO2. The third kappa shape index (κ3) is 3.48. The van der Waals surface area contributed by atoms with Gasteiger partial charge in [-0.25, -0.2) is 4.79 Å². The van der Waals surface area contributed by atoms with Crippen LogP contribution in [0.5, 0.6) is 11.5 Å². The highest BCUT2D eigenvalue weighted by molar-refractivity contribution is 6.11. The van der Waals surface area contributed by atoms with Gasteiger partial charge in [-0.3, -0.25) is 14.5 Å². The Morgan fingerprint density at radius 2 is 1.94 bits per heavy atom. The first-order valence-electron chi connectivity index (χ1n) is 11.5. The Morgan fingerprint density at radius 1 is 1.15 bits per heavy atom. The van der Waals surface area contributed by atoms with Crippen molar-refractivity contribution in [2.45, 2.75) is 58.5 Å². The zero-order chi connectivity index (χ0) is 23.3. The van der Waals surface area contributed by atoms with Crippen LogP contribution < -0.4 is 14.8 Å². The van der Waals surface area contributed by atoms with Crippen LogP contribution >= 0.6 is 0 Å². The molecular formula is C25H29N3O5. The lowest BCUT2D eigenvalue weighted by atomic mass is 9.73. The molecule has 1 spiro atoms. The van der Waals surface area contributed by atoms with E-state index in [1.54, 1.807) is 0 Å². The summed E-state index contributed by atoms with van der Waals surface area (Å²) in [6.45, 7) is 6.40. The highest BCUT2D eigenvalue weighted by Gasteiger charge is 2.55. The summed E-state index contributed by atoms with van der Waals surface area (Å²) in [7, 11) is 0. The number of Topliss-reactive ketones (excluding diaryl/α,β-unsaturated/α-hetero) is 1. The molecule has 0 radical (unpaired) electrons. The number of fused-ring (bicyclic) bond motifs is 1. The van der Waals surface area contributed by atoms with Gasteiger partial charge in [0.2, 0.25) is 6.79 Å². The number of ether oxygens (including phenoxy) is 2. The summed E-state index contributed by atoms with van der Waals surface area (Å²) in [5, 5.41) is 2.92. The molecule has 2 fully saturated rings. The van der Waals surface area contributed by atoms with E-state index >= 15 is 0 Å². The molecule has 3 aliphatic rings. The molecule has 3 amide bonds. The van der Waals surface area contributed by atoms with E-state index in [1.165, 1.54) is 0 Å². The smallest absolute Gasteiger partial charge is 0.325 e. The van der Waals surface area contributed by atoms with Gasteiger partial charge >= 0.3 is 6.03 Å². The van der Waals surface area contributed by atoms with Gasteiger partial charge in [-0.15, -0.1) is 0 Å². The van der Waals surface area contributed by atoms with Gasteiger partial charge in [-0.1, -0.05) is 25.8 Å². The standard InChI is InChI=1S/C25H29N3O5/c1-15-6-4-5-9-25(15)23(30)28(24(31)26-25)13-20(29)19-10-16(2)27(17(19)3)12-18-7-8-21-22(11-18)33-14-32-21/h7-8,10-11,15H,4-6,9,12-14H2,1-3H3,(H,26,31)/t15-,25+/m1/s1. The van der Waals surface area contributed by atoms with Crippen molar-refractivity contribution in [3.63, 3.8) is 0 Å². The van der Waals surface area contributed by atoms with Crippen molar-refractivity contribution in [1.82, 2.24) is 14.8 Å². The Balaban J connectivity index is 1.34. The van der Waals surface area contributed by atoms with Crippen LogP contribution in [0.2, 0.25) is 0 Å². The number of amides is 3. The molecule has 3 heterocycles. The lowest BCUT2D eigenvalue weighted by molar-refractivity contribution is -0.133. The monoisotopic (exact) mass is 451 g/mol. The number of rotatable bonds is 5. The van der Waals surface area contributed by atoms with E-state index in [0.29, 0.717) is 18.5 Å². The van der Waals surface area contributed by atoms with Crippen molar-refractivity contribution in [3.05, 3.63) is 46.8 Å². The maximum Gasteiger partial charge on any atom is 0.325 e. The summed E-state index contributed by atoms with van der Waals surface area (Å²) in [5.74, 6) is 1.02. The molecule has 33 heavy (non-hydrogen) atoms. The molecule has 0 bridgehead atoms. The second-order valence-electron chi connectivity index (χ2n) is 9.42. The van der Waals surface area contributed by atoms with Crippen molar-refractivity contribution < 1.29 is 23.9 Å². The molecule has 174 valence electrons. The van der Waals surface area contributed by atoms with Gasteiger partial charge in [0, 0.05) is 23.5 Å². The van der Waals surface area contributed by atoms with Gasteiger partial charge in [0.1, 0.15) is 5.54 Å². The predicted molar refractivity (Wildman–Crippen MR) is 121 cm³/mol. The molecule has 1 saturated carbocycles. The summed E-state index contributed by atoms with van der Waals surface area (Å²) < 4.78 is 12.9. The van der Waals surface area contributed by atoms with Crippen LogP contribution in [0.1, 0.15) is 59.9 Å². The molecule has 5 rings (SSSR count). The Hall–Kier alpha value is -3.29. The molecule has 2 aromatic rings. The minimum absolute atomic E-state index is 0.0644. The fourth-order valence-corrected chi connectivity index (χ4v) is 5.42. The van der Waals surface area contributed by atoms with Crippen molar-refractivity contribution >= 4 is 17.7 Å².